The van der Waals surface area contributed by atoms with Gasteiger partial charge in [-0.15, -0.1) is 0 Å². The van der Waals surface area contributed by atoms with Gasteiger partial charge >= 0.3 is 5.69 Å². The molecule has 5 rings (SSSR count). The van der Waals surface area contributed by atoms with Gasteiger partial charge in [0.15, 0.2) is 0 Å². The van der Waals surface area contributed by atoms with Crippen LogP contribution in [0.2, 0.25) is 5.02 Å². The third kappa shape index (κ3) is 3.36. The molecule has 8 nitrogen and oxygen atoms in total. The Bertz CT molecular complexity index is 1150. The van der Waals surface area contributed by atoms with E-state index in [9.17, 15) is 19.7 Å². The molecule has 1 saturated heterocycles. The summed E-state index contributed by atoms with van der Waals surface area (Å²) in [7, 11) is 0. The lowest BCUT2D eigenvalue weighted by atomic mass is 9.85. The first-order valence-electron chi connectivity index (χ1n) is 10.2. The summed E-state index contributed by atoms with van der Waals surface area (Å²) in [5.74, 6) is -1.33. The van der Waals surface area contributed by atoms with Crippen LogP contribution in [-0.2, 0) is 16.2 Å². The van der Waals surface area contributed by atoms with Crippen LogP contribution in [0, 0.1) is 33.8 Å². The van der Waals surface area contributed by atoms with Gasteiger partial charge in [0.05, 0.1) is 23.0 Å². The zero-order chi connectivity index (χ0) is 22.4. The third-order valence-electron chi connectivity index (χ3n) is 6.24. The predicted octanol–water partition coefficient (Wildman–Crippen LogP) is 3.97. The first-order chi connectivity index (χ1) is 15.4. The van der Waals surface area contributed by atoms with Crippen LogP contribution in [0.15, 0.2) is 59.7 Å². The number of amides is 2. The molecular formula is C23H18ClN3O5. The molecule has 2 aromatic rings. The summed E-state index contributed by atoms with van der Waals surface area (Å²) in [6, 6.07) is 11.8. The van der Waals surface area contributed by atoms with Crippen molar-refractivity contribution in [2.75, 3.05) is 0 Å². The van der Waals surface area contributed by atoms with Crippen molar-refractivity contribution in [1.29, 1.82) is 0 Å². The minimum Gasteiger partial charge on any atom is -0.481 e. The number of nitro groups is 1. The van der Waals surface area contributed by atoms with Crippen LogP contribution in [0.3, 0.4) is 0 Å². The van der Waals surface area contributed by atoms with Crippen molar-refractivity contribution in [3.63, 3.8) is 0 Å². The first kappa shape index (κ1) is 20.4. The monoisotopic (exact) mass is 451 g/mol. The second-order valence-electron chi connectivity index (χ2n) is 8.11. The number of allylic oxidation sites excluding steroid dienone is 2. The second kappa shape index (κ2) is 7.87. The molecule has 1 saturated carbocycles. The summed E-state index contributed by atoms with van der Waals surface area (Å²) < 4.78 is 5.77. The number of benzene rings is 2. The standard InChI is InChI=1S/C23H18ClN3O5/c24-17-9-16(21(18(10-17)27(30)31)32-12-13-4-2-1-3-5-13)11-25-26-22(28)19-14-6-7-15(8-14)20(19)23(26)29/h1-7,9-11,14-15,19-20H,8,12H2/t14-,15-,19-,20+/m0/s1. The molecule has 2 amide bonds. The Morgan fingerprint density at radius 3 is 2.41 bits per heavy atom. The van der Waals surface area contributed by atoms with Gasteiger partial charge in [-0.05, 0) is 29.9 Å². The molecule has 0 radical (unpaired) electrons. The van der Waals surface area contributed by atoms with Gasteiger partial charge in [0.1, 0.15) is 6.61 Å². The summed E-state index contributed by atoms with van der Waals surface area (Å²) in [5, 5.41) is 16.7. The van der Waals surface area contributed by atoms with Crippen LogP contribution < -0.4 is 4.74 Å². The topological polar surface area (TPSA) is 102 Å². The van der Waals surface area contributed by atoms with E-state index in [2.05, 4.69) is 5.10 Å². The fourth-order valence-corrected chi connectivity index (χ4v) is 5.06. The van der Waals surface area contributed by atoms with E-state index in [1.54, 1.807) is 0 Å². The molecule has 2 bridgehead atoms. The van der Waals surface area contributed by atoms with Crippen molar-refractivity contribution in [3.05, 3.63) is 80.9 Å². The number of hydrogen-bond acceptors (Lipinski definition) is 6. The lowest BCUT2D eigenvalue weighted by molar-refractivity contribution is -0.385. The van der Waals surface area contributed by atoms with Gasteiger partial charge in [-0.1, -0.05) is 54.1 Å². The van der Waals surface area contributed by atoms with Gasteiger partial charge in [-0.3, -0.25) is 19.7 Å². The van der Waals surface area contributed by atoms with Crippen molar-refractivity contribution < 1.29 is 19.2 Å². The smallest absolute Gasteiger partial charge is 0.313 e. The molecule has 3 aliphatic rings. The number of halogens is 1. The molecule has 4 atom stereocenters. The Hall–Kier alpha value is -3.52. The largest absolute Gasteiger partial charge is 0.481 e. The quantitative estimate of drug-likeness (QED) is 0.217. The molecular weight excluding hydrogens is 434 g/mol. The molecule has 1 aliphatic heterocycles. The van der Waals surface area contributed by atoms with Crippen molar-refractivity contribution in [3.8, 4) is 5.75 Å². The SMILES string of the molecule is O=C1[C@@H]2[C@H](C(=O)N1N=Cc1cc(Cl)cc([N+](=O)[O-])c1OCc1ccccc1)[C@H]1C=C[C@H]2C1. The van der Waals surface area contributed by atoms with Crippen LogP contribution >= 0.6 is 11.6 Å². The Morgan fingerprint density at radius 2 is 1.78 bits per heavy atom. The average Bonchev–Trinajstić information content (AvgIpc) is 3.46. The van der Waals surface area contributed by atoms with Gasteiger partial charge in [0.25, 0.3) is 11.8 Å². The number of nitrogens with zero attached hydrogens (tertiary/aromatic N) is 3. The first-order valence-corrected chi connectivity index (χ1v) is 10.6. The van der Waals surface area contributed by atoms with Crippen molar-refractivity contribution >= 4 is 35.3 Å². The molecule has 2 aliphatic carbocycles. The van der Waals surface area contributed by atoms with E-state index in [0.717, 1.165) is 17.0 Å². The number of rotatable bonds is 6. The molecule has 1 heterocycles. The normalized spacial score (nSPS) is 25.7. The molecule has 2 fully saturated rings. The maximum Gasteiger partial charge on any atom is 0.313 e. The van der Waals surface area contributed by atoms with Crippen molar-refractivity contribution in [1.82, 2.24) is 5.01 Å². The van der Waals surface area contributed by atoms with E-state index in [0.29, 0.717) is 0 Å². The van der Waals surface area contributed by atoms with E-state index in [1.165, 1.54) is 18.3 Å². The molecule has 0 aromatic heterocycles. The van der Waals surface area contributed by atoms with Crippen LogP contribution in [0.1, 0.15) is 17.5 Å². The van der Waals surface area contributed by atoms with Gasteiger partial charge < -0.3 is 4.74 Å². The number of hydrazone groups is 1. The highest BCUT2D eigenvalue weighted by Crippen LogP contribution is 2.52. The van der Waals surface area contributed by atoms with Crippen LogP contribution in [0.4, 0.5) is 5.69 Å². The van der Waals surface area contributed by atoms with E-state index >= 15 is 0 Å². The second-order valence-corrected chi connectivity index (χ2v) is 8.54. The van der Waals surface area contributed by atoms with E-state index in [-0.39, 0.29) is 64.1 Å². The Morgan fingerprint density at radius 1 is 1.12 bits per heavy atom. The number of carbonyl (C=O) groups is 2. The third-order valence-corrected chi connectivity index (χ3v) is 6.46. The van der Waals surface area contributed by atoms with E-state index < -0.39 is 4.92 Å². The molecule has 2 aromatic carbocycles. The highest BCUT2D eigenvalue weighted by atomic mass is 35.5. The number of nitro benzene ring substituents is 1. The van der Waals surface area contributed by atoms with Crippen molar-refractivity contribution in [2.45, 2.75) is 13.0 Å². The number of hydrogen-bond donors (Lipinski definition) is 0. The number of ether oxygens (including phenoxy) is 1. The van der Waals surface area contributed by atoms with Gasteiger partial charge in [0.2, 0.25) is 5.75 Å². The van der Waals surface area contributed by atoms with Crippen LogP contribution in [-0.4, -0.2) is 28.0 Å². The van der Waals surface area contributed by atoms with Crippen molar-refractivity contribution in [2.24, 2.45) is 28.8 Å². The fraction of sp³-hybridized carbons (Fsp3) is 0.261. The molecule has 32 heavy (non-hydrogen) atoms. The fourth-order valence-electron chi connectivity index (χ4n) is 4.84. The van der Waals surface area contributed by atoms with Gasteiger partial charge in [-0.2, -0.15) is 10.1 Å². The minimum atomic E-state index is -0.594. The average molecular weight is 452 g/mol. The number of fused-ring (bicyclic) bond motifs is 5. The Balaban J connectivity index is 1.45. The van der Waals surface area contributed by atoms with Crippen LogP contribution in [0.5, 0.6) is 5.75 Å². The highest BCUT2D eigenvalue weighted by Gasteiger charge is 2.59. The summed E-state index contributed by atoms with van der Waals surface area (Å²) in [5.41, 5.74) is 0.701. The number of carbonyl (C=O) groups excluding carboxylic acids is 2. The van der Waals surface area contributed by atoms with E-state index in [1.807, 2.05) is 42.5 Å². The molecule has 0 unspecified atom stereocenters. The predicted molar refractivity (Wildman–Crippen MR) is 116 cm³/mol. The highest BCUT2D eigenvalue weighted by molar-refractivity contribution is 6.31. The minimum absolute atomic E-state index is 0.0342. The maximum absolute atomic E-state index is 12.8. The summed E-state index contributed by atoms with van der Waals surface area (Å²) >= 11 is 6.08. The molecule has 162 valence electrons. The zero-order valence-electron chi connectivity index (χ0n) is 16.8. The zero-order valence-corrected chi connectivity index (χ0v) is 17.5. The Kier molecular flexibility index (Phi) is 5.01. The van der Waals surface area contributed by atoms with Crippen LogP contribution in [0.25, 0.3) is 0 Å². The van der Waals surface area contributed by atoms with Gasteiger partial charge in [0, 0.05) is 16.7 Å². The summed E-state index contributed by atoms with van der Waals surface area (Å²) in [4.78, 5) is 36.7. The summed E-state index contributed by atoms with van der Waals surface area (Å²) in [6.07, 6.45) is 6.05. The molecule has 0 N–H and O–H groups in total. The lowest BCUT2D eigenvalue weighted by Gasteiger charge is -2.13. The molecule has 9 heteroatoms. The molecule has 0 spiro atoms. The Labute approximate surface area is 188 Å². The number of imide groups is 1. The summed E-state index contributed by atoms with van der Waals surface area (Å²) in [6.45, 7) is 0.0882. The van der Waals surface area contributed by atoms with Gasteiger partial charge in [-0.25, -0.2) is 0 Å². The maximum atomic E-state index is 12.8. The van der Waals surface area contributed by atoms with E-state index in [4.69, 9.17) is 16.3 Å². The lowest BCUT2D eigenvalue weighted by Crippen LogP contribution is -2.28.